The van der Waals surface area contributed by atoms with Crippen LogP contribution in [0.25, 0.3) is 0 Å². The first-order valence-corrected chi connectivity index (χ1v) is 6.46. The molecule has 3 N–H and O–H groups in total. The minimum atomic E-state index is -0.282. The molecule has 0 aromatic heterocycles. The van der Waals surface area contributed by atoms with Crippen molar-refractivity contribution < 1.29 is 4.79 Å². The van der Waals surface area contributed by atoms with Gasteiger partial charge in [-0.2, -0.15) is 0 Å². The van der Waals surface area contributed by atoms with E-state index in [0.717, 1.165) is 25.9 Å². The summed E-state index contributed by atoms with van der Waals surface area (Å²) in [6, 6.07) is 8.27. The summed E-state index contributed by atoms with van der Waals surface area (Å²) in [5.41, 5.74) is 8.17. The van der Waals surface area contributed by atoms with Crippen LogP contribution in [-0.2, 0) is 17.8 Å². The van der Waals surface area contributed by atoms with E-state index in [1.165, 1.54) is 11.1 Å². The van der Waals surface area contributed by atoms with E-state index in [2.05, 4.69) is 34.5 Å². The molecule has 1 heterocycles. The smallest absolute Gasteiger partial charge is 0.235 e. The van der Waals surface area contributed by atoms with Crippen LogP contribution in [0.2, 0.25) is 0 Å². The van der Waals surface area contributed by atoms with Gasteiger partial charge in [0, 0.05) is 13.1 Å². The summed E-state index contributed by atoms with van der Waals surface area (Å²) in [7, 11) is 1.78. The molecule has 1 atom stereocenters. The molecule has 1 amide bonds. The zero-order valence-corrected chi connectivity index (χ0v) is 10.9. The quantitative estimate of drug-likeness (QED) is 0.815. The van der Waals surface area contributed by atoms with Crippen molar-refractivity contribution >= 4 is 5.91 Å². The highest BCUT2D eigenvalue weighted by Crippen LogP contribution is 2.18. The number of nitrogens with two attached hydrogens (primary N) is 1. The van der Waals surface area contributed by atoms with Crippen LogP contribution in [-0.4, -0.2) is 37.0 Å². The first-order chi connectivity index (χ1) is 8.70. The Balaban J connectivity index is 2.05. The van der Waals surface area contributed by atoms with Crippen molar-refractivity contribution in [3.63, 3.8) is 0 Å². The van der Waals surface area contributed by atoms with Gasteiger partial charge in [0.1, 0.15) is 0 Å². The Morgan fingerprint density at radius 3 is 2.83 bits per heavy atom. The standard InChI is InChI=1S/C14H21N3O/c1-16-13(14(15)18)10-17-8-4-7-11-5-2-3-6-12(11)9-17/h2-3,5-6,13,16H,4,7-10H2,1H3,(H2,15,18). The van der Waals surface area contributed by atoms with Crippen molar-refractivity contribution in [3.05, 3.63) is 35.4 Å². The lowest BCUT2D eigenvalue weighted by Crippen LogP contribution is -2.47. The zero-order valence-electron chi connectivity index (χ0n) is 10.9. The van der Waals surface area contributed by atoms with Gasteiger partial charge < -0.3 is 11.1 Å². The number of likely N-dealkylation sites (N-methyl/N-ethyl adjacent to an activating group) is 1. The number of aryl methyl sites for hydroxylation is 1. The lowest BCUT2D eigenvalue weighted by atomic mass is 10.0. The number of nitrogens with one attached hydrogen (secondary N) is 1. The van der Waals surface area contributed by atoms with Crippen LogP contribution in [0.3, 0.4) is 0 Å². The van der Waals surface area contributed by atoms with Crippen LogP contribution in [0.15, 0.2) is 24.3 Å². The number of fused-ring (bicyclic) bond motifs is 1. The largest absolute Gasteiger partial charge is 0.368 e. The summed E-state index contributed by atoms with van der Waals surface area (Å²) in [5, 5.41) is 2.98. The monoisotopic (exact) mass is 247 g/mol. The van der Waals surface area contributed by atoms with E-state index in [9.17, 15) is 4.79 Å². The number of carbonyl (C=O) groups excluding carboxylic acids is 1. The van der Waals surface area contributed by atoms with Crippen molar-refractivity contribution in [2.45, 2.75) is 25.4 Å². The van der Waals surface area contributed by atoms with Crippen LogP contribution >= 0.6 is 0 Å². The Bertz CT molecular complexity index is 419. The number of primary amides is 1. The van der Waals surface area contributed by atoms with Gasteiger partial charge in [-0.1, -0.05) is 24.3 Å². The predicted octanol–water partition coefficient (Wildman–Crippen LogP) is 0.508. The van der Waals surface area contributed by atoms with E-state index in [0.29, 0.717) is 6.54 Å². The molecule has 0 saturated carbocycles. The Hall–Kier alpha value is -1.39. The molecule has 4 nitrogen and oxygen atoms in total. The molecule has 0 bridgehead atoms. The van der Waals surface area contributed by atoms with Crippen LogP contribution in [0.1, 0.15) is 17.5 Å². The van der Waals surface area contributed by atoms with Crippen molar-refractivity contribution in [1.82, 2.24) is 10.2 Å². The van der Waals surface area contributed by atoms with E-state index in [1.807, 2.05) is 0 Å². The number of rotatable bonds is 4. The van der Waals surface area contributed by atoms with Gasteiger partial charge >= 0.3 is 0 Å². The first kappa shape index (κ1) is 13.1. The van der Waals surface area contributed by atoms with Crippen LogP contribution in [0.4, 0.5) is 0 Å². The second-order valence-corrected chi connectivity index (χ2v) is 4.85. The van der Waals surface area contributed by atoms with Gasteiger partial charge in [-0.05, 0) is 37.6 Å². The number of nitrogens with zero attached hydrogens (tertiary/aromatic N) is 1. The van der Waals surface area contributed by atoms with Crippen molar-refractivity contribution in [3.8, 4) is 0 Å². The van der Waals surface area contributed by atoms with Crippen LogP contribution in [0.5, 0.6) is 0 Å². The zero-order chi connectivity index (χ0) is 13.0. The molecule has 1 aliphatic heterocycles. The fraction of sp³-hybridized carbons (Fsp3) is 0.500. The summed E-state index contributed by atoms with van der Waals surface area (Å²) in [4.78, 5) is 13.6. The molecular weight excluding hydrogens is 226 g/mol. The average Bonchev–Trinajstić information content (AvgIpc) is 2.57. The molecule has 0 radical (unpaired) electrons. The predicted molar refractivity (Wildman–Crippen MR) is 72.1 cm³/mol. The van der Waals surface area contributed by atoms with Crippen molar-refractivity contribution in [2.24, 2.45) is 5.73 Å². The van der Waals surface area contributed by atoms with Crippen molar-refractivity contribution in [2.75, 3.05) is 20.1 Å². The summed E-state index contributed by atoms with van der Waals surface area (Å²) in [6.45, 7) is 2.60. The Kier molecular flexibility index (Phi) is 4.33. The second kappa shape index (κ2) is 5.98. The van der Waals surface area contributed by atoms with E-state index >= 15 is 0 Å². The molecule has 0 fully saturated rings. The van der Waals surface area contributed by atoms with Crippen LogP contribution in [0, 0.1) is 0 Å². The molecule has 18 heavy (non-hydrogen) atoms. The van der Waals surface area contributed by atoms with Gasteiger partial charge in [0.15, 0.2) is 0 Å². The summed E-state index contributed by atoms with van der Waals surface area (Å²) in [5.74, 6) is -0.282. The first-order valence-electron chi connectivity index (χ1n) is 6.46. The highest BCUT2D eigenvalue weighted by molar-refractivity contribution is 5.80. The number of amides is 1. The number of carbonyl (C=O) groups is 1. The topological polar surface area (TPSA) is 58.4 Å². The fourth-order valence-electron chi connectivity index (χ4n) is 2.51. The third-order valence-electron chi connectivity index (χ3n) is 3.57. The maximum absolute atomic E-state index is 11.3. The highest BCUT2D eigenvalue weighted by atomic mass is 16.1. The summed E-state index contributed by atoms with van der Waals surface area (Å²) >= 11 is 0. The third kappa shape index (κ3) is 3.09. The lowest BCUT2D eigenvalue weighted by Gasteiger charge is -2.24. The molecule has 1 aromatic rings. The van der Waals surface area contributed by atoms with Gasteiger partial charge in [0.2, 0.25) is 5.91 Å². The van der Waals surface area contributed by atoms with Gasteiger partial charge in [0.25, 0.3) is 0 Å². The van der Waals surface area contributed by atoms with E-state index in [4.69, 9.17) is 5.73 Å². The Morgan fingerprint density at radius 1 is 1.44 bits per heavy atom. The Morgan fingerprint density at radius 2 is 2.17 bits per heavy atom. The van der Waals surface area contributed by atoms with E-state index in [-0.39, 0.29) is 11.9 Å². The molecule has 0 spiro atoms. The molecule has 1 aliphatic rings. The SMILES string of the molecule is CNC(CN1CCCc2ccccc2C1)C(N)=O. The van der Waals surface area contributed by atoms with Gasteiger partial charge in [-0.15, -0.1) is 0 Å². The van der Waals surface area contributed by atoms with Crippen molar-refractivity contribution in [1.29, 1.82) is 0 Å². The van der Waals surface area contributed by atoms with E-state index < -0.39 is 0 Å². The number of hydrogen-bond donors (Lipinski definition) is 2. The lowest BCUT2D eigenvalue weighted by molar-refractivity contribution is -0.120. The number of benzene rings is 1. The van der Waals surface area contributed by atoms with Crippen LogP contribution < -0.4 is 11.1 Å². The molecule has 1 unspecified atom stereocenters. The molecule has 0 saturated heterocycles. The maximum Gasteiger partial charge on any atom is 0.235 e. The van der Waals surface area contributed by atoms with Gasteiger partial charge in [-0.25, -0.2) is 0 Å². The highest BCUT2D eigenvalue weighted by Gasteiger charge is 2.20. The molecule has 0 aliphatic carbocycles. The van der Waals surface area contributed by atoms with Gasteiger partial charge in [-0.3, -0.25) is 9.69 Å². The second-order valence-electron chi connectivity index (χ2n) is 4.85. The average molecular weight is 247 g/mol. The minimum Gasteiger partial charge on any atom is -0.368 e. The molecule has 98 valence electrons. The molecule has 1 aromatic carbocycles. The molecular formula is C14H21N3O. The summed E-state index contributed by atoms with van der Waals surface area (Å²) < 4.78 is 0. The molecule has 4 heteroatoms. The Labute approximate surface area is 108 Å². The maximum atomic E-state index is 11.3. The normalized spacial score (nSPS) is 17.8. The van der Waals surface area contributed by atoms with Gasteiger partial charge in [0.05, 0.1) is 6.04 Å². The molecule has 2 rings (SSSR count). The summed E-state index contributed by atoms with van der Waals surface area (Å²) in [6.07, 6.45) is 2.25. The third-order valence-corrected chi connectivity index (χ3v) is 3.57. The fourth-order valence-corrected chi connectivity index (χ4v) is 2.51. The van der Waals surface area contributed by atoms with E-state index in [1.54, 1.807) is 7.05 Å². The minimum absolute atomic E-state index is 0.268. The number of hydrogen-bond acceptors (Lipinski definition) is 3.